The van der Waals surface area contributed by atoms with Crippen molar-refractivity contribution in [3.63, 3.8) is 0 Å². The molecule has 1 amide bonds. The van der Waals surface area contributed by atoms with E-state index < -0.39 is 28.3 Å². The molecule has 1 aliphatic carbocycles. The number of allylic oxidation sites excluding steroid dienone is 2. The molecule has 1 aromatic carbocycles. The molecule has 2 bridgehead atoms. The summed E-state index contributed by atoms with van der Waals surface area (Å²) < 4.78 is 26.8. The average molecular weight is 700 g/mol. The number of fused-ring (bicyclic) bond motifs is 2. The van der Waals surface area contributed by atoms with Crippen LogP contribution in [0.2, 0.25) is 36.3 Å². The van der Waals surface area contributed by atoms with Crippen LogP contribution in [0.3, 0.4) is 0 Å². The standard InChI is InChI=1S/C40H69NO5Si2/c1-35(2,3)45-34(42)41-33-17-16-30(24-32(33)29-18-20-38(10,11)21-19-29)31-25-39(27-43-47(12,13)36(4,5)6)22-23-40(26-31,46-39)28-44-48(14,15)37(7,8)9/h16-18,24,31H,19-23,25-28H2,1-15H3,(H,41,42). The summed E-state index contributed by atoms with van der Waals surface area (Å²) in [5, 5.41) is 3.37. The molecular weight excluding hydrogens is 631 g/mol. The van der Waals surface area contributed by atoms with E-state index in [-0.39, 0.29) is 26.7 Å². The van der Waals surface area contributed by atoms with Gasteiger partial charge in [0.25, 0.3) is 0 Å². The van der Waals surface area contributed by atoms with Crippen LogP contribution in [-0.4, -0.2) is 52.7 Å². The van der Waals surface area contributed by atoms with Crippen LogP contribution in [0.25, 0.3) is 5.57 Å². The minimum atomic E-state index is -1.98. The minimum absolute atomic E-state index is 0.132. The van der Waals surface area contributed by atoms with Crippen LogP contribution in [-0.2, 0) is 18.3 Å². The Morgan fingerprint density at radius 1 is 0.854 bits per heavy atom. The maximum atomic E-state index is 13.0. The van der Waals surface area contributed by atoms with E-state index in [9.17, 15) is 4.79 Å². The summed E-state index contributed by atoms with van der Waals surface area (Å²) in [5.74, 6) is 0.294. The van der Waals surface area contributed by atoms with Crippen molar-refractivity contribution in [3.8, 4) is 0 Å². The molecule has 48 heavy (non-hydrogen) atoms. The zero-order valence-corrected chi connectivity index (χ0v) is 35.3. The highest BCUT2D eigenvalue weighted by Gasteiger charge is 2.57. The van der Waals surface area contributed by atoms with Gasteiger partial charge in [-0.25, -0.2) is 4.79 Å². The first kappa shape index (κ1) is 39.3. The molecule has 4 rings (SSSR count). The largest absolute Gasteiger partial charge is 0.444 e. The van der Waals surface area contributed by atoms with Crippen LogP contribution >= 0.6 is 0 Å². The van der Waals surface area contributed by atoms with Crippen molar-refractivity contribution in [2.75, 3.05) is 18.5 Å². The first-order valence-electron chi connectivity index (χ1n) is 18.5. The maximum Gasteiger partial charge on any atom is 0.412 e. The molecule has 0 aromatic heterocycles. The quantitative estimate of drug-likeness (QED) is 0.260. The molecule has 0 spiro atoms. The average Bonchev–Trinajstić information content (AvgIpc) is 3.19. The second kappa shape index (κ2) is 13.3. The Hall–Kier alpha value is -1.46. The van der Waals surface area contributed by atoms with Crippen LogP contribution < -0.4 is 5.32 Å². The van der Waals surface area contributed by atoms with Gasteiger partial charge in [-0.3, -0.25) is 5.32 Å². The Bertz CT molecular complexity index is 1320. The Balaban J connectivity index is 1.72. The van der Waals surface area contributed by atoms with Crippen molar-refractivity contribution in [3.05, 3.63) is 35.4 Å². The van der Waals surface area contributed by atoms with Crippen molar-refractivity contribution in [2.24, 2.45) is 5.41 Å². The fourth-order valence-corrected chi connectivity index (χ4v) is 8.93. The maximum absolute atomic E-state index is 13.0. The van der Waals surface area contributed by atoms with E-state index in [1.807, 2.05) is 20.8 Å². The smallest absolute Gasteiger partial charge is 0.412 e. The fourth-order valence-electron chi connectivity index (χ4n) is 6.81. The third kappa shape index (κ3) is 9.25. The molecule has 2 saturated heterocycles. The molecule has 2 aliphatic heterocycles. The summed E-state index contributed by atoms with van der Waals surface area (Å²) in [5.41, 5.74) is 3.60. The number of nitrogens with one attached hydrogen (secondary N) is 1. The number of carbonyl (C=O) groups is 1. The molecule has 0 radical (unpaired) electrons. The number of benzene rings is 1. The number of rotatable bonds is 9. The Kier molecular flexibility index (Phi) is 10.9. The van der Waals surface area contributed by atoms with Gasteiger partial charge in [-0.05, 0) is 137 Å². The molecule has 2 fully saturated rings. The third-order valence-electron chi connectivity index (χ3n) is 12.2. The highest BCUT2D eigenvalue weighted by atomic mass is 28.4. The first-order chi connectivity index (χ1) is 21.7. The Morgan fingerprint density at radius 3 is 1.81 bits per heavy atom. The van der Waals surface area contributed by atoms with Gasteiger partial charge >= 0.3 is 6.09 Å². The molecule has 2 unspecified atom stereocenters. The molecule has 8 heteroatoms. The predicted molar refractivity (Wildman–Crippen MR) is 206 cm³/mol. The summed E-state index contributed by atoms with van der Waals surface area (Å²) >= 11 is 0. The second-order valence-corrected chi connectivity index (χ2v) is 29.8. The van der Waals surface area contributed by atoms with Crippen LogP contribution in [0.5, 0.6) is 0 Å². The van der Waals surface area contributed by atoms with Crippen molar-refractivity contribution in [1.82, 2.24) is 0 Å². The predicted octanol–water partition coefficient (Wildman–Crippen LogP) is 11.8. The lowest BCUT2D eigenvalue weighted by molar-refractivity contribution is -0.173. The highest BCUT2D eigenvalue weighted by molar-refractivity contribution is 6.74. The van der Waals surface area contributed by atoms with E-state index >= 15 is 0 Å². The normalized spacial score (nSPS) is 26.6. The third-order valence-corrected chi connectivity index (χ3v) is 21.1. The molecule has 1 aromatic rings. The lowest BCUT2D eigenvalue weighted by Gasteiger charge is -2.47. The van der Waals surface area contributed by atoms with E-state index in [1.165, 1.54) is 11.1 Å². The SMILES string of the molecule is CC1(C)CC=C(c2cc(C3CC4(CO[Si](C)(C)C(C)(C)C)CCC(CO[Si](C)(C)C(C)(C)C)(C3)O4)ccc2NC(=O)OC(C)(C)C)CC1. The van der Waals surface area contributed by atoms with Gasteiger partial charge in [-0.15, -0.1) is 0 Å². The zero-order chi connectivity index (χ0) is 36.2. The summed E-state index contributed by atoms with van der Waals surface area (Å²) in [7, 11) is -3.96. The van der Waals surface area contributed by atoms with Crippen molar-refractivity contribution in [2.45, 2.75) is 180 Å². The van der Waals surface area contributed by atoms with Crippen LogP contribution in [0, 0.1) is 5.41 Å². The number of hydrogen-bond donors (Lipinski definition) is 1. The van der Waals surface area contributed by atoms with Crippen LogP contribution in [0.1, 0.15) is 138 Å². The van der Waals surface area contributed by atoms with Gasteiger partial charge in [0.05, 0.1) is 30.1 Å². The number of amides is 1. The van der Waals surface area contributed by atoms with Gasteiger partial charge in [0.1, 0.15) is 5.60 Å². The number of ether oxygens (including phenoxy) is 2. The van der Waals surface area contributed by atoms with E-state index in [0.29, 0.717) is 19.1 Å². The van der Waals surface area contributed by atoms with E-state index in [4.69, 9.17) is 18.3 Å². The van der Waals surface area contributed by atoms with Crippen LogP contribution in [0.4, 0.5) is 10.5 Å². The molecule has 3 aliphatic rings. The first-order valence-corrected chi connectivity index (χ1v) is 24.3. The Labute approximate surface area is 295 Å². The van der Waals surface area contributed by atoms with Gasteiger partial charge in [0, 0.05) is 5.56 Å². The van der Waals surface area contributed by atoms with Crippen molar-refractivity contribution >= 4 is 34.0 Å². The van der Waals surface area contributed by atoms with Gasteiger partial charge < -0.3 is 18.3 Å². The van der Waals surface area contributed by atoms with Crippen LogP contribution in [0.15, 0.2) is 24.3 Å². The molecule has 6 nitrogen and oxygen atoms in total. The van der Waals surface area contributed by atoms with Crippen molar-refractivity contribution < 1.29 is 23.1 Å². The van der Waals surface area contributed by atoms with Crippen molar-refractivity contribution in [1.29, 1.82) is 0 Å². The molecule has 2 heterocycles. The van der Waals surface area contributed by atoms with E-state index in [1.54, 1.807) is 0 Å². The number of anilines is 1. The summed E-state index contributed by atoms with van der Waals surface area (Å²) in [6, 6.07) is 6.69. The monoisotopic (exact) mass is 699 g/mol. The van der Waals surface area contributed by atoms with Gasteiger partial charge in [0.15, 0.2) is 16.6 Å². The van der Waals surface area contributed by atoms with E-state index in [0.717, 1.165) is 56.2 Å². The number of carbonyl (C=O) groups excluding carboxylic acids is 1. The summed E-state index contributed by atoms with van der Waals surface area (Å²) in [6.07, 6.45) is 8.93. The van der Waals surface area contributed by atoms with E-state index in [2.05, 4.69) is 111 Å². The lowest BCUT2D eigenvalue weighted by Crippen LogP contribution is -2.53. The zero-order valence-electron chi connectivity index (χ0n) is 33.3. The molecule has 2 atom stereocenters. The van der Waals surface area contributed by atoms with Gasteiger partial charge in [0.2, 0.25) is 0 Å². The lowest BCUT2D eigenvalue weighted by atomic mass is 9.75. The molecule has 272 valence electrons. The topological polar surface area (TPSA) is 66.0 Å². The highest BCUT2D eigenvalue weighted by Crippen LogP contribution is 2.55. The molecule has 1 N–H and O–H groups in total. The fraction of sp³-hybridized carbons (Fsp3) is 0.775. The Morgan fingerprint density at radius 2 is 1.38 bits per heavy atom. The van der Waals surface area contributed by atoms with Gasteiger partial charge in [-0.1, -0.05) is 67.5 Å². The summed E-state index contributed by atoms with van der Waals surface area (Å²) in [6.45, 7) is 34.9. The summed E-state index contributed by atoms with van der Waals surface area (Å²) in [4.78, 5) is 13.0. The molecular formula is C40H69NO5Si2. The van der Waals surface area contributed by atoms with Gasteiger partial charge in [-0.2, -0.15) is 0 Å². The minimum Gasteiger partial charge on any atom is -0.444 e. The number of hydrogen-bond acceptors (Lipinski definition) is 5. The second-order valence-electron chi connectivity index (χ2n) is 20.2. The molecule has 0 saturated carbocycles.